The van der Waals surface area contributed by atoms with Crippen LogP contribution in [0.2, 0.25) is 0 Å². The van der Waals surface area contributed by atoms with Gasteiger partial charge in [0.2, 0.25) is 10.0 Å². The summed E-state index contributed by atoms with van der Waals surface area (Å²) in [6.07, 6.45) is 0.940. The van der Waals surface area contributed by atoms with Crippen LogP contribution in [0.15, 0.2) is 60.7 Å². The largest absolute Gasteiger partial charge is 0.506 e. The summed E-state index contributed by atoms with van der Waals surface area (Å²) < 4.78 is 49.5. The number of hydrogen-bond donors (Lipinski definition) is 4. The molecule has 0 saturated heterocycles. The maximum absolute atomic E-state index is 13.4. The first-order chi connectivity index (χ1) is 17.1. The Hall–Kier alpha value is -3.34. The maximum atomic E-state index is 13.4. The third kappa shape index (κ3) is 7.84. The monoisotopic (exact) mass is 518 g/mol. The average molecular weight is 519 g/mol. The Morgan fingerprint density at radius 1 is 0.917 bits per heavy atom. The molecular weight excluding hydrogens is 487 g/mol. The standard InChI is InChI=1S/C26H31FN2O6S/c1-34-25-11-7-19(15-26(25)35-2)22(13-17-4-8-20(27)9-5-17)28-16-21(30)12-18-6-10-24(31)23(14-18)29-36(3,32)33/h4-11,14-15,21-22,28-31H,12-13,16H2,1-3H3/t21-,22+/m0/s1. The molecule has 0 saturated carbocycles. The number of aromatic hydroxyl groups is 1. The van der Waals surface area contributed by atoms with E-state index in [9.17, 15) is 23.0 Å². The van der Waals surface area contributed by atoms with E-state index in [0.29, 0.717) is 23.5 Å². The number of benzene rings is 3. The van der Waals surface area contributed by atoms with E-state index in [2.05, 4.69) is 10.0 Å². The Morgan fingerprint density at radius 3 is 2.22 bits per heavy atom. The zero-order chi connectivity index (χ0) is 26.3. The average Bonchev–Trinajstić information content (AvgIpc) is 2.83. The van der Waals surface area contributed by atoms with E-state index in [0.717, 1.165) is 17.4 Å². The normalized spacial score (nSPS) is 13.1. The van der Waals surface area contributed by atoms with Crippen LogP contribution in [0.1, 0.15) is 22.7 Å². The van der Waals surface area contributed by atoms with Crippen molar-refractivity contribution in [3.63, 3.8) is 0 Å². The molecule has 0 radical (unpaired) electrons. The minimum absolute atomic E-state index is 0.0506. The second kappa shape index (κ2) is 12.1. The number of hydrogen-bond acceptors (Lipinski definition) is 7. The quantitative estimate of drug-likeness (QED) is 0.272. The number of methoxy groups -OCH3 is 2. The van der Waals surface area contributed by atoms with Gasteiger partial charge < -0.3 is 25.0 Å². The number of halogens is 1. The van der Waals surface area contributed by atoms with Gasteiger partial charge in [0, 0.05) is 12.6 Å². The number of anilines is 1. The van der Waals surface area contributed by atoms with Gasteiger partial charge in [-0.1, -0.05) is 24.3 Å². The van der Waals surface area contributed by atoms with Crippen LogP contribution in [0, 0.1) is 5.82 Å². The summed E-state index contributed by atoms with van der Waals surface area (Å²) in [5.41, 5.74) is 2.51. The van der Waals surface area contributed by atoms with Gasteiger partial charge >= 0.3 is 0 Å². The van der Waals surface area contributed by atoms with Crippen molar-refractivity contribution in [2.45, 2.75) is 25.0 Å². The molecular formula is C26H31FN2O6S. The van der Waals surface area contributed by atoms with Crippen LogP contribution in [0.3, 0.4) is 0 Å². The number of phenols is 1. The van der Waals surface area contributed by atoms with E-state index in [1.54, 1.807) is 38.5 Å². The van der Waals surface area contributed by atoms with Crippen molar-refractivity contribution < 1.29 is 32.5 Å². The zero-order valence-electron chi connectivity index (χ0n) is 20.4. The molecule has 0 aliphatic carbocycles. The number of ether oxygens (including phenoxy) is 2. The molecule has 0 fully saturated rings. The Balaban J connectivity index is 1.76. The molecule has 0 spiro atoms. The molecule has 0 heterocycles. The van der Waals surface area contributed by atoms with Crippen molar-refractivity contribution >= 4 is 15.7 Å². The van der Waals surface area contributed by atoms with Crippen LogP contribution in [-0.4, -0.2) is 51.8 Å². The molecule has 8 nitrogen and oxygen atoms in total. The van der Waals surface area contributed by atoms with Crippen molar-refractivity contribution in [1.82, 2.24) is 5.32 Å². The molecule has 3 aromatic carbocycles. The second-order valence-corrected chi connectivity index (χ2v) is 10.2. The van der Waals surface area contributed by atoms with E-state index in [1.807, 2.05) is 12.1 Å². The molecule has 10 heteroatoms. The molecule has 3 rings (SSSR count). The van der Waals surface area contributed by atoms with Gasteiger partial charge in [-0.15, -0.1) is 0 Å². The highest BCUT2D eigenvalue weighted by molar-refractivity contribution is 7.92. The fourth-order valence-corrected chi connectivity index (χ4v) is 4.41. The number of phenolic OH excluding ortho intramolecular Hbond substituents is 1. The van der Waals surface area contributed by atoms with Crippen LogP contribution in [0.4, 0.5) is 10.1 Å². The Labute approximate surface area is 210 Å². The molecule has 0 bridgehead atoms. The summed E-state index contributed by atoms with van der Waals surface area (Å²) in [6.45, 7) is 0.218. The first kappa shape index (κ1) is 27.3. The number of rotatable bonds is 12. The first-order valence-electron chi connectivity index (χ1n) is 11.3. The maximum Gasteiger partial charge on any atom is 0.229 e. The molecule has 0 aromatic heterocycles. The number of aliphatic hydroxyl groups is 1. The third-order valence-electron chi connectivity index (χ3n) is 5.59. The summed E-state index contributed by atoms with van der Waals surface area (Å²) in [5, 5.41) is 24.0. The fourth-order valence-electron chi connectivity index (χ4n) is 3.85. The van der Waals surface area contributed by atoms with Crippen molar-refractivity contribution in [2.75, 3.05) is 31.7 Å². The summed E-state index contributed by atoms with van der Waals surface area (Å²) in [7, 11) is -0.456. The molecule has 0 unspecified atom stereocenters. The minimum atomic E-state index is -3.57. The number of nitrogens with one attached hydrogen (secondary N) is 2. The Kier molecular flexibility index (Phi) is 9.14. The third-order valence-corrected chi connectivity index (χ3v) is 6.18. The Bertz CT molecular complexity index is 1270. The first-order valence-corrected chi connectivity index (χ1v) is 13.1. The molecule has 3 aromatic rings. The van der Waals surface area contributed by atoms with E-state index in [4.69, 9.17) is 9.47 Å². The van der Waals surface area contributed by atoms with Crippen LogP contribution in [0.25, 0.3) is 0 Å². The number of aliphatic hydroxyl groups excluding tert-OH is 1. The van der Waals surface area contributed by atoms with E-state index in [-0.39, 0.29) is 36.3 Å². The van der Waals surface area contributed by atoms with Crippen molar-refractivity contribution in [1.29, 1.82) is 0 Å². The lowest BCUT2D eigenvalue weighted by Crippen LogP contribution is -2.32. The zero-order valence-corrected chi connectivity index (χ0v) is 21.2. The number of sulfonamides is 1. The molecule has 194 valence electrons. The summed E-state index contributed by atoms with van der Waals surface area (Å²) in [6, 6.07) is 16.1. The summed E-state index contributed by atoms with van der Waals surface area (Å²) >= 11 is 0. The van der Waals surface area contributed by atoms with Gasteiger partial charge in [0.25, 0.3) is 0 Å². The molecule has 36 heavy (non-hydrogen) atoms. The summed E-state index contributed by atoms with van der Waals surface area (Å²) in [4.78, 5) is 0. The lowest BCUT2D eigenvalue weighted by molar-refractivity contribution is 0.167. The molecule has 0 aliphatic heterocycles. The molecule has 2 atom stereocenters. The summed E-state index contributed by atoms with van der Waals surface area (Å²) in [5.74, 6) is 0.636. The Morgan fingerprint density at radius 2 is 1.58 bits per heavy atom. The topological polar surface area (TPSA) is 117 Å². The smallest absolute Gasteiger partial charge is 0.229 e. The van der Waals surface area contributed by atoms with Crippen LogP contribution < -0.4 is 19.5 Å². The SMILES string of the molecule is COc1ccc([C@@H](Cc2ccc(F)cc2)NC[C@@H](O)Cc2ccc(O)c(NS(C)(=O)=O)c2)cc1OC. The lowest BCUT2D eigenvalue weighted by Gasteiger charge is -2.23. The van der Waals surface area contributed by atoms with Gasteiger partial charge in [-0.25, -0.2) is 12.8 Å². The predicted molar refractivity (Wildman–Crippen MR) is 137 cm³/mol. The molecule has 4 N–H and O–H groups in total. The minimum Gasteiger partial charge on any atom is -0.506 e. The van der Waals surface area contributed by atoms with E-state index < -0.39 is 16.1 Å². The lowest BCUT2D eigenvalue weighted by atomic mass is 9.97. The predicted octanol–water partition coefficient (Wildman–Crippen LogP) is 3.40. The molecule has 0 amide bonds. The van der Waals surface area contributed by atoms with Crippen LogP contribution in [-0.2, 0) is 22.9 Å². The van der Waals surface area contributed by atoms with Crippen LogP contribution >= 0.6 is 0 Å². The fraction of sp³-hybridized carbons (Fsp3) is 0.308. The highest BCUT2D eigenvalue weighted by atomic mass is 32.2. The highest BCUT2D eigenvalue weighted by Crippen LogP contribution is 2.31. The highest BCUT2D eigenvalue weighted by Gasteiger charge is 2.18. The van der Waals surface area contributed by atoms with E-state index >= 15 is 0 Å². The van der Waals surface area contributed by atoms with Crippen molar-refractivity contribution in [3.05, 3.63) is 83.2 Å². The van der Waals surface area contributed by atoms with Crippen molar-refractivity contribution in [3.8, 4) is 17.2 Å². The van der Waals surface area contributed by atoms with Gasteiger partial charge in [-0.2, -0.15) is 0 Å². The van der Waals surface area contributed by atoms with Gasteiger partial charge in [-0.3, -0.25) is 4.72 Å². The van der Waals surface area contributed by atoms with Gasteiger partial charge in [-0.05, 0) is 65.9 Å². The van der Waals surface area contributed by atoms with Crippen LogP contribution in [0.5, 0.6) is 17.2 Å². The van der Waals surface area contributed by atoms with Gasteiger partial charge in [0.05, 0.1) is 32.3 Å². The van der Waals surface area contributed by atoms with E-state index in [1.165, 1.54) is 24.3 Å². The van der Waals surface area contributed by atoms with Crippen molar-refractivity contribution in [2.24, 2.45) is 0 Å². The molecule has 0 aliphatic rings. The van der Waals surface area contributed by atoms with Gasteiger partial charge in [0.1, 0.15) is 11.6 Å². The van der Waals surface area contributed by atoms with Gasteiger partial charge in [0.15, 0.2) is 11.5 Å². The second-order valence-electron chi connectivity index (χ2n) is 8.49.